The maximum absolute atomic E-state index is 12.0. The van der Waals surface area contributed by atoms with Crippen LogP contribution in [0, 0.1) is 23.2 Å². The molecule has 6 nitrogen and oxygen atoms in total. The van der Waals surface area contributed by atoms with Crippen LogP contribution in [0.4, 0.5) is 4.79 Å². The fourth-order valence-corrected chi connectivity index (χ4v) is 1.59. The van der Waals surface area contributed by atoms with Gasteiger partial charge < -0.3 is 14.9 Å². The molecule has 0 heterocycles. The van der Waals surface area contributed by atoms with Crippen molar-refractivity contribution in [1.82, 2.24) is 9.80 Å². The number of carboxylic acid groups (broad SMARTS) is 1. The van der Waals surface area contributed by atoms with Crippen LogP contribution in [0.25, 0.3) is 0 Å². The Morgan fingerprint density at radius 2 is 1.83 bits per heavy atom. The van der Waals surface area contributed by atoms with Gasteiger partial charge in [-0.25, -0.2) is 4.79 Å². The highest BCUT2D eigenvalue weighted by Crippen LogP contribution is 2.05. The van der Waals surface area contributed by atoms with Crippen LogP contribution in [0.5, 0.6) is 0 Å². The Morgan fingerprint density at radius 1 is 1.28 bits per heavy atom. The average Bonchev–Trinajstić information content (AvgIpc) is 2.25. The third-order valence-corrected chi connectivity index (χ3v) is 2.28. The molecule has 0 saturated carbocycles. The summed E-state index contributed by atoms with van der Waals surface area (Å²) in [4.78, 5) is 25.5. The van der Waals surface area contributed by atoms with Crippen molar-refractivity contribution in [3.05, 3.63) is 0 Å². The zero-order chi connectivity index (χ0) is 14.3. The quantitative estimate of drug-likeness (QED) is 0.773. The Morgan fingerprint density at radius 3 is 2.22 bits per heavy atom. The van der Waals surface area contributed by atoms with E-state index in [9.17, 15) is 9.59 Å². The van der Waals surface area contributed by atoms with Crippen LogP contribution in [0.3, 0.4) is 0 Å². The van der Waals surface area contributed by atoms with Crippen LogP contribution in [-0.2, 0) is 4.79 Å². The largest absolute Gasteiger partial charge is 0.480 e. The van der Waals surface area contributed by atoms with Crippen LogP contribution in [-0.4, -0.2) is 53.6 Å². The molecule has 0 bridgehead atoms. The molecule has 0 saturated heterocycles. The number of rotatable bonds is 6. The summed E-state index contributed by atoms with van der Waals surface area (Å²) >= 11 is 0. The molecule has 0 aliphatic rings. The van der Waals surface area contributed by atoms with Crippen LogP contribution >= 0.6 is 0 Å². The Balaban J connectivity index is 4.63. The standard InChI is InChI=1S/C12H21N3O3/c1-9(2)6-15(8-11(16)17)12(18)14(4)7-10(3)5-13/h9-10H,6-8H2,1-4H3,(H,16,17). The maximum Gasteiger partial charge on any atom is 0.323 e. The van der Waals surface area contributed by atoms with Crippen LogP contribution in [0.2, 0.25) is 0 Å². The van der Waals surface area contributed by atoms with Crippen molar-refractivity contribution in [2.24, 2.45) is 11.8 Å². The van der Waals surface area contributed by atoms with Crippen molar-refractivity contribution in [3.63, 3.8) is 0 Å². The molecule has 0 aliphatic carbocycles. The normalized spacial score (nSPS) is 11.8. The van der Waals surface area contributed by atoms with Gasteiger partial charge in [0.1, 0.15) is 6.54 Å². The highest BCUT2D eigenvalue weighted by Gasteiger charge is 2.22. The molecule has 0 aromatic rings. The van der Waals surface area contributed by atoms with Crippen molar-refractivity contribution in [2.45, 2.75) is 20.8 Å². The fraction of sp³-hybridized carbons (Fsp3) is 0.750. The fourth-order valence-electron chi connectivity index (χ4n) is 1.59. The second-order valence-corrected chi connectivity index (χ2v) is 4.86. The monoisotopic (exact) mass is 255 g/mol. The van der Waals surface area contributed by atoms with Gasteiger partial charge in [-0.15, -0.1) is 0 Å². The summed E-state index contributed by atoms with van der Waals surface area (Å²) in [7, 11) is 1.57. The van der Waals surface area contributed by atoms with Gasteiger partial charge in [0, 0.05) is 20.1 Å². The Kier molecular flexibility index (Phi) is 6.79. The Bertz CT molecular complexity index is 336. The van der Waals surface area contributed by atoms with E-state index in [0.717, 1.165) is 0 Å². The first-order valence-corrected chi connectivity index (χ1v) is 5.89. The summed E-state index contributed by atoms with van der Waals surface area (Å²) in [6.45, 7) is 5.91. The zero-order valence-electron chi connectivity index (χ0n) is 11.4. The number of hydrogen-bond donors (Lipinski definition) is 1. The molecule has 1 atom stereocenters. The molecule has 0 fully saturated rings. The smallest absolute Gasteiger partial charge is 0.323 e. The topological polar surface area (TPSA) is 84.6 Å². The molecule has 0 aromatic carbocycles. The van der Waals surface area contributed by atoms with Crippen molar-refractivity contribution in [3.8, 4) is 6.07 Å². The minimum absolute atomic E-state index is 0.190. The minimum atomic E-state index is -1.04. The molecule has 0 aromatic heterocycles. The summed E-state index contributed by atoms with van der Waals surface area (Å²) in [5, 5.41) is 17.5. The highest BCUT2D eigenvalue weighted by atomic mass is 16.4. The number of carbonyl (C=O) groups excluding carboxylic acids is 1. The van der Waals surface area contributed by atoms with Gasteiger partial charge in [0.2, 0.25) is 0 Å². The Hall–Kier alpha value is -1.77. The summed E-state index contributed by atoms with van der Waals surface area (Å²) in [6, 6.07) is 1.69. The number of nitrogens with zero attached hydrogens (tertiary/aromatic N) is 3. The molecule has 6 heteroatoms. The van der Waals surface area contributed by atoms with Crippen LogP contribution in [0.1, 0.15) is 20.8 Å². The second kappa shape index (κ2) is 7.54. The lowest BCUT2D eigenvalue weighted by atomic mass is 10.2. The third kappa shape index (κ3) is 6.09. The first-order valence-electron chi connectivity index (χ1n) is 5.89. The van der Waals surface area contributed by atoms with Crippen LogP contribution < -0.4 is 0 Å². The van der Waals surface area contributed by atoms with Gasteiger partial charge in [-0.05, 0) is 12.8 Å². The number of urea groups is 1. The van der Waals surface area contributed by atoms with Crippen molar-refractivity contribution in [2.75, 3.05) is 26.7 Å². The molecule has 0 rings (SSSR count). The van der Waals surface area contributed by atoms with Gasteiger partial charge in [0.25, 0.3) is 0 Å². The minimum Gasteiger partial charge on any atom is -0.480 e. The summed E-state index contributed by atoms with van der Waals surface area (Å²) in [5.41, 5.74) is 0. The number of carboxylic acids is 1. The molecule has 1 unspecified atom stereocenters. The number of hydrogen-bond acceptors (Lipinski definition) is 3. The third-order valence-electron chi connectivity index (χ3n) is 2.28. The van der Waals surface area contributed by atoms with Crippen molar-refractivity contribution < 1.29 is 14.7 Å². The number of carbonyl (C=O) groups is 2. The average molecular weight is 255 g/mol. The SMILES string of the molecule is CC(C)CN(CC(=O)O)C(=O)N(C)CC(C)C#N. The summed E-state index contributed by atoms with van der Waals surface area (Å²) in [5.74, 6) is -1.12. The lowest BCUT2D eigenvalue weighted by Crippen LogP contribution is -2.46. The van der Waals surface area contributed by atoms with E-state index >= 15 is 0 Å². The Labute approximate surface area is 108 Å². The molecule has 0 spiro atoms. The predicted octanol–water partition coefficient (Wildman–Crippen LogP) is 1.24. The molecule has 0 aliphatic heterocycles. The van der Waals surface area contributed by atoms with Crippen molar-refractivity contribution in [1.29, 1.82) is 5.26 Å². The highest BCUT2D eigenvalue weighted by molar-refractivity contribution is 5.80. The van der Waals surface area contributed by atoms with Gasteiger partial charge in [-0.3, -0.25) is 4.79 Å². The van der Waals surface area contributed by atoms with E-state index in [-0.39, 0.29) is 24.4 Å². The van der Waals surface area contributed by atoms with E-state index in [1.807, 2.05) is 19.9 Å². The van der Waals surface area contributed by atoms with Gasteiger partial charge in [0.15, 0.2) is 0 Å². The molecule has 1 N–H and O–H groups in total. The second-order valence-electron chi connectivity index (χ2n) is 4.86. The molecule has 0 radical (unpaired) electrons. The molecular weight excluding hydrogens is 234 g/mol. The van der Waals surface area contributed by atoms with E-state index in [1.165, 1.54) is 9.80 Å². The van der Waals surface area contributed by atoms with E-state index in [1.54, 1.807) is 14.0 Å². The van der Waals surface area contributed by atoms with E-state index in [4.69, 9.17) is 10.4 Å². The van der Waals surface area contributed by atoms with Crippen molar-refractivity contribution >= 4 is 12.0 Å². The summed E-state index contributed by atoms with van der Waals surface area (Å²) in [6.07, 6.45) is 0. The molecule has 102 valence electrons. The molecule has 2 amide bonds. The van der Waals surface area contributed by atoms with E-state index < -0.39 is 5.97 Å². The first kappa shape index (κ1) is 16.2. The lowest BCUT2D eigenvalue weighted by molar-refractivity contribution is -0.137. The van der Waals surface area contributed by atoms with Gasteiger partial charge in [0.05, 0.1) is 12.0 Å². The maximum atomic E-state index is 12.0. The predicted molar refractivity (Wildman–Crippen MR) is 66.8 cm³/mol. The zero-order valence-corrected chi connectivity index (χ0v) is 11.4. The number of nitriles is 1. The van der Waals surface area contributed by atoms with Gasteiger partial charge >= 0.3 is 12.0 Å². The van der Waals surface area contributed by atoms with Crippen LogP contribution in [0.15, 0.2) is 0 Å². The first-order chi connectivity index (χ1) is 8.27. The van der Waals surface area contributed by atoms with E-state index in [2.05, 4.69) is 0 Å². The van der Waals surface area contributed by atoms with E-state index in [0.29, 0.717) is 13.1 Å². The lowest BCUT2D eigenvalue weighted by Gasteiger charge is -2.28. The number of aliphatic carboxylic acids is 1. The number of amides is 2. The molecular formula is C12H21N3O3. The molecule has 18 heavy (non-hydrogen) atoms. The van der Waals surface area contributed by atoms with Gasteiger partial charge in [-0.2, -0.15) is 5.26 Å². The summed E-state index contributed by atoms with van der Waals surface area (Å²) < 4.78 is 0. The van der Waals surface area contributed by atoms with Gasteiger partial charge in [-0.1, -0.05) is 13.8 Å².